The van der Waals surface area contributed by atoms with Crippen LogP contribution in [0.15, 0.2) is 59.4 Å². The fourth-order valence-corrected chi connectivity index (χ4v) is 2.53. The Morgan fingerprint density at radius 3 is 2.67 bits per heavy atom. The Bertz CT molecular complexity index is 966. The molecule has 3 rings (SSSR count). The molecule has 2 N–H and O–H groups in total. The van der Waals surface area contributed by atoms with Crippen molar-refractivity contribution in [2.45, 2.75) is 6.92 Å². The van der Waals surface area contributed by atoms with E-state index in [-0.39, 0.29) is 11.5 Å². The lowest BCUT2D eigenvalue weighted by molar-refractivity contribution is 0.102. The third-order valence-corrected chi connectivity index (χ3v) is 3.71. The highest BCUT2D eigenvalue weighted by Crippen LogP contribution is 2.21. The van der Waals surface area contributed by atoms with E-state index in [1.165, 1.54) is 6.07 Å². The van der Waals surface area contributed by atoms with E-state index in [1.807, 2.05) is 6.07 Å². The van der Waals surface area contributed by atoms with Gasteiger partial charge in [-0.15, -0.1) is 0 Å². The van der Waals surface area contributed by atoms with Crippen molar-refractivity contribution >= 4 is 23.2 Å². The Morgan fingerprint density at radius 1 is 1.12 bits per heavy atom. The van der Waals surface area contributed by atoms with E-state index < -0.39 is 0 Å². The lowest BCUT2D eigenvalue weighted by Crippen LogP contribution is -2.12. The van der Waals surface area contributed by atoms with Gasteiger partial charge in [0.1, 0.15) is 5.82 Å². The topological polar surface area (TPSA) is 74.8 Å². The molecular weight excluding hydrogens is 326 g/mol. The number of nitrogens with zero attached hydrogens (tertiary/aromatic N) is 1. The second-order valence-corrected chi connectivity index (χ2v) is 5.66. The van der Waals surface area contributed by atoms with E-state index in [9.17, 15) is 9.59 Å². The van der Waals surface area contributed by atoms with Gasteiger partial charge >= 0.3 is 0 Å². The van der Waals surface area contributed by atoms with Gasteiger partial charge in [-0.3, -0.25) is 9.59 Å². The summed E-state index contributed by atoms with van der Waals surface area (Å²) < 4.78 is 0. The van der Waals surface area contributed by atoms with Gasteiger partial charge in [-0.05, 0) is 31.2 Å². The second kappa shape index (κ2) is 6.68. The second-order valence-electron chi connectivity index (χ2n) is 5.25. The molecule has 0 bridgehead atoms. The van der Waals surface area contributed by atoms with Gasteiger partial charge < -0.3 is 10.3 Å². The van der Waals surface area contributed by atoms with Crippen molar-refractivity contribution in [2.75, 3.05) is 5.32 Å². The monoisotopic (exact) mass is 339 g/mol. The molecule has 0 fully saturated rings. The van der Waals surface area contributed by atoms with Crippen LogP contribution in [0.25, 0.3) is 11.4 Å². The van der Waals surface area contributed by atoms with Gasteiger partial charge in [0.05, 0.1) is 10.6 Å². The van der Waals surface area contributed by atoms with Crippen molar-refractivity contribution in [1.82, 2.24) is 9.97 Å². The molecule has 1 heterocycles. The highest BCUT2D eigenvalue weighted by atomic mass is 35.5. The third-order valence-electron chi connectivity index (χ3n) is 3.38. The van der Waals surface area contributed by atoms with Crippen LogP contribution in [-0.4, -0.2) is 15.9 Å². The Labute approximate surface area is 143 Å². The average Bonchev–Trinajstić information content (AvgIpc) is 2.54. The number of nitrogens with one attached hydrogen (secondary N) is 2. The van der Waals surface area contributed by atoms with Crippen molar-refractivity contribution in [3.63, 3.8) is 0 Å². The molecule has 0 radical (unpaired) electrons. The van der Waals surface area contributed by atoms with E-state index in [0.29, 0.717) is 33.4 Å². The molecule has 0 unspecified atom stereocenters. The number of halogens is 1. The normalized spacial score (nSPS) is 10.4. The summed E-state index contributed by atoms with van der Waals surface area (Å²) in [4.78, 5) is 30.9. The van der Waals surface area contributed by atoms with Crippen LogP contribution in [0.3, 0.4) is 0 Å². The van der Waals surface area contributed by atoms with Crippen molar-refractivity contribution in [3.8, 4) is 11.4 Å². The maximum Gasteiger partial charge on any atom is 0.257 e. The Hall–Kier alpha value is -2.92. The average molecular weight is 340 g/mol. The number of hydrogen-bond acceptors (Lipinski definition) is 3. The fourth-order valence-electron chi connectivity index (χ4n) is 2.30. The Balaban J connectivity index is 1.90. The molecule has 0 aliphatic rings. The van der Waals surface area contributed by atoms with Crippen LogP contribution in [0, 0.1) is 6.92 Å². The Kier molecular flexibility index (Phi) is 4.44. The minimum absolute atomic E-state index is 0.219. The van der Waals surface area contributed by atoms with E-state index in [0.717, 1.165) is 0 Å². The summed E-state index contributed by atoms with van der Waals surface area (Å²) in [5.41, 5.74) is 2.09. The molecule has 1 amide bonds. The summed E-state index contributed by atoms with van der Waals surface area (Å²) in [6.45, 7) is 1.75. The van der Waals surface area contributed by atoms with Crippen LogP contribution < -0.4 is 10.9 Å². The molecule has 6 heteroatoms. The van der Waals surface area contributed by atoms with Crippen LogP contribution in [-0.2, 0) is 0 Å². The number of hydrogen-bond donors (Lipinski definition) is 2. The first-order chi connectivity index (χ1) is 11.5. The van der Waals surface area contributed by atoms with Gasteiger partial charge in [0.25, 0.3) is 11.5 Å². The predicted molar refractivity (Wildman–Crippen MR) is 94.4 cm³/mol. The molecule has 120 valence electrons. The minimum Gasteiger partial charge on any atom is -0.322 e. The summed E-state index contributed by atoms with van der Waals surface area (Å²) in [5, 5.41) is 3.18. The molecule has 0 spiro atoms. The van der Waals surface area contributed by atoms with Gasteiger partial charge in [0, 0.05) is 23.0 Å². The standard InChI is InChI=1S/C18H14ClN3O2/c1-11-9-16(23)22-17(20-11)12-5-4-6-13(10-12)21-18(24)14-7-2-3-8-15(14)19/h2-10H,1H3,(H,21,24)(H,20,22,23). The molecule has 0 aliphatic carbocycles. The van der Waals surface area contributed by atoms with Gasteiger partial charge in [-0.25, -0.2) is 4.98 Å². The molecule has 2 aromatic carbocycles. The lowest BCUT2D eigenvalue weighted by atomic mass is 10.1. The zero-order chi connectivity index (χ0) is 17.1. The van der Waals surface area contributed by atoms with Crippen molar-refractivity contribution < 1.29 is 4.79 Å². The van der Waals surface area contributed by atoms with Gasteiger partial charge in [-0.1, -0.05) is 35.9 Å². The van der Waals surface area contributed by atoms with Crippen molar-refractivity contribution in [1.29, 1.82) is 0 Å². The van der Waals surface area contributed by atoms with Crippen LogP contribution in [0.2, 0.25) is 5.02 Å². The minimum atomic E-state index is -0.302. The van der Waals surface area contributed by atoms with E-state index in [1.54, 1.807) is 49.4 Å². The van der Waals surface area contributed by atoms with Gasteiger partial charge in [0.15, 0.2) is 0 Å². The number of H-pyrrole nitrogens is 1. The molecule has 0 atom stereocenters. The summed E-state index contributed by atoms with van der Waals surface area (Å²) in [6.07, 6.45) is 0. The zero-order valence-corrected chi connectivity index (χ0v) is 13.6. The number of aromatic amines is 1. The summed E-state index contributed by atoms with van der Waals surface area (Å²) >= 11 is 6.04. The van der Waals surface area contributed by atoms with E-state index in [4.69, 9.17) is 11.6 Å². The molecular formula is C18H14ClN3O2. The molecule has 24 heavy (non-hydrogen) atoms. The lowest BCUT2D eigenvalue weighted by Gasteiger charge is -2.08. The van der Waals surface area contributed by atoms with Crippen LogP contribution in [0.1, 0.15) is 16.1 Å². The maximum atomic E-state index is 12.3. The summed E-state index contributed by atoms with van der Waals surface area (Å²) in [5.74, 6) is 0.150. The number of rotatable bonds is 3. The highest BCUT2D eigenvalue weighted by molar-refractivity contribution is 6.34. The quantitative estimate of drug-likeness (QED) is 0.764. The fraction of sp³-hybridized carbons (Fsp3) is 0.0556. The molecule has 1 aromatic heterocycles. The Morgan fingerprint density at radius 2 is 1.92 bits per heavy atom. The SMILES string of the molecule is Cc1cc(=O)[nH]c(-c2cccc(NC(=O)c3ccccc3Cl)c2)n1. The number of carbonyl (C=O) groups excluding carboxylic acids is 1. The maximum absolute atomic E-state index is 12.3. The smallest absolute Gasteiger partial charge is 0.257 e. The highest BCUT2D eigenvalue weighted by Gasteiger charge is 2.10. The number of carbonyl (C=O) groups is 1. The number of amides is 1. The zero-order valence-electron chi connectivity index (χ0n) is 12.8. The van der Waals surface area contributed by atoms with Crippen molar-refractivity contribution in [3.05, 3.63) is 81.2 Å². The van der Waals surface area contributed by atoms with E-state index >= 15 is 0 Å². The molecule has 5 nitrogen and oxygen atoms in total. The first-order valence-corrected chi connectivity index (χ1v) is 7.65. The molecule has 3 aromatic rings. The number of anilines is 1. The predicted octanol–water partition coefficient (Wildman–Crippen LogP) is 3.65. The van der Waals surface area contributed by atoms with Crippen molar-refractivity contribution in [2.24, 2.45) is 0 Å². The molecule has 0 aliphatic heterocycles. The molecule has 0 saturated carbocycles. The first kappa shape index (κ1) is 16.0. The number of benzene rings is 2. The van der Waals surface area contributed by atoms with Crippen LogP contribution >= 0.6 is 11.6 Å². The third kappa shape index (κ3) is 3.52. The van der Waals surface area contributed by atoms with Crippen LogP contribution in [0.5, 0.6) is 0 Å². The first-order valence-electron chi connectivity index (χ1n) is 7.27. The van der Waals surface area contributed by atoms with Gasteiger partial charge in [0.2, 0.25) is 0 Å². The van der Waals surface area contributed by atoms with Crippen LogP contribution in [0.4, 0.5) is 5.69 Å². The summed E-state index contributed by atoms with van der Waals surface area (Å²) in [7, 11) is 0. The summed E-state index contributed by atoms with van der Waals surface area (Å²) in [6, 6.07) is 15.3. The van der Waals surface area contributed by atoms with Gasteiger partial charge in [-0.2, -0.15) is 0 Å². The molecule has 0 saturated heterocycles. The largest absolute Gasteiger partial charge is 0.322 e. The number of aromatic nitrogens is 2. The number of aryl methyl sites for hydroxylation is 1. The van der Waals surface area contributed by atoms with E-state index in [2.05, 4.69) is 15.3 Å².